The molecule has 2 amide bonds. The van der Waals surface area contributed by atoms with Crippen molar-refractivity contribution in [1.82, 2.24) is 4.98 Å². The average Bonchev–Trinajstić information content (AvgIpc) is 2.66. The molecule has 6 nitrogen and oxygen atoms in total. The van der Waals surface area contributed by atoms with E-state index in [4.69, 9.17) is 4.74 Å². The number of nitrogens with one attached hydrogen (secondary N) is 2. The van der Waals surface area contributed by atoms with Gasteiger partial charge in [-0.05, 0) is 42.3 Å². The van der Waals surface area contributed by atoms with Gasteiger partial charge >= 0.3 is 0 Å². The number of benzene rings is 2. The minimum atomic E-state index is -0.256. The smallest absolute Gasteiger partial charge is 0.262 e. The zero-order valence-corrected chi connectivity index (χ0v) is 14.0. The van der Waals surface area contributed by atoms with Crippen LogP contribution in [0.3, 0.4) is 0 Å². The SMILES string of the molecule is O=C(COc1ccc2c(c1)CCC(=O)N2)Nc1cnc2ccccc2c1. The summed E-state index contributed by atoms with van der Waals surface area (Å²) in [6.07, 6.45) is 2.76. The molecular weight excluding hydrogens is 330 g/mol. The van der Waals surface area contributed by atoms with E-state index in [9.17, 15) is 9.59 Å². The van der Waals surface area contributed by atoms with E-state index >= 15 is 0 Å². The highest BCUT2D eigenvalue weighted by Crippen LogP contribution is 2.26. The number of aromatic nitrogens is 1. The average molecular weight is 347 g/mol. The van der Waals surface area contributed by atoms with Crippen LogP contribution >= 0.6 is 0 Å². The van der Waals surface area contributed by atoms with Crippen molar-refractivity contribution in [1.29, 1.82) is 0 Å². The van der Waals surface area contributed by atoms with Gasteiger partial charge in [-0.1, -0.05) is 18.2 Å². The van der Waals surface area contributed by atoms with E-state index in [0.717, 1.165) is 22.2 Å². The lowest BCUT2D eigenvalue weighted by atomic mass is 10.0. The van der Waals surface area contributed by atoms with Crippen molar-refractivity contribution in [3.8, 4) is 5.75 Å². The van der Waals surface area contributed by atoms with E-state index in [2.05, 4.69) is 15.6 Å². The van der Waals surface area contributed by atoms with Crippen molar-refractivity contribution in [2.45, 2.75) is 12.8 Å². The Morgan fingerprint density at radius 2 is 2.04 bits per heavy atom. The Labute approximate surface area is 150 Å². The van der Waals surface area contributed by atoms with E-state index in [0.29, 0.717) is 24.3 Å². The molecule has 6 heteroatoms. The fourth-order valence-electron chi connectivity index (χ4n) is 2.93. The number of rotatable bonds is 4. The summed E-state index contributed by atoms with van der Waals surface area (Å²) in [5, 5.41) is 6.57. The zero-order chi connectivity index (χ0) is 17.9. The first-order valence-electron chi connectivity index (χ1n) is 8.37. The lowest BCUT2D eigenvalue weighted by Gasteiger charge is -2.17. The summed E-state index contributed by atoms with van der Waals surface area (Å²) in [7, 11) is 0. The molecule has 26 heavy (non-hydrogen) atoms. The maximum atomic E-state index is 12.1. The minimum Gasteiger partial charge on any atom is -0.484 e. The van der Waals surface area contributed by atoms with Gasteiger partial charge in [0.05, 0.1) is 17.4 Å². The highest BCUT2D eigenvalue weighted by atomic mass is 16.5. The van der Waals surface area contributed by atoms with Crippen molar-refractivity contribution in [2.75, 3.05) is 17.2 Å². The van der Waals surface area contributed by atoms with Crippen LogP contribution in [0.25, 0.3) is 10.9 Å². The third-order valence-electron chi connectivity index (χ3n) is 4.22. The molecule has 1 aliphatic heterocycles. The molecule has 0 spiro atoms. The quantitative estimate of drug-likeness (QED) is 0.760. The molecule has 0 atom stereocenters. The lowest BCUT2D eigenvalue weighted by Crippen LogP contribution is -2.21. The van der Waals surface area contributed by atoms with E-state index < -0.39 is 0 Å². The zero-order valence-electron chi connectivity index (χ0n) is 14.0. The van der Waals surface area contributed by atoms with Gasteiger partial charge in [-0.15, -0.1) is 0 Å². The number of anilines is 2. The Morgan fingerprint density at radius 3 is 2.96 bits per heavy atom. The summed E-state index contributed by atoms with van der Waals surface area (Å²) in [5.74, 6) is 0.370. The molecule has 0 bridgehead atoms. The Hall–Kier alpha value is -3.41. The molecule has 0 saturated carbocycles. The number of carbonyl (C=O) groups excluding carboxylic acids is 2. The molecule has 4 rings (SSSR count). The molecule has 0 fully saturated rings. The second kappa shape index (κ2) is 6.84. The molecule has 0 unspecified atom stereocenters. The normalized spacial score (nSPS) is 13.0. The molecule has 2 N–H and O–H groups in total. The lowest BCUT2D eigenvalue weighted by molar-refractivity contribution is -0.118. The van der Waals surface area contributed by atoms with Crippen molar-refractivity contribution in [3.63, 3.8) is 0 Å². The minimum absolute atomic E-state index is 0.0227. The number of amides is 2. The van der Waals surface area contributed by atoms with Crippen LogP contribution in [0.5, 0.6) is 5.75 Å². The molecule has 1 aromatic heterocycles. The van der Waals surface area contributed by atoms with Crippen molar-refractivity contribution in [2.24, 2.45) is 0 Å². The number of pyridine rings is 1. The number of fused-ring (bicyclic) bond motifs is 2. The Balaban J connectivity index is 1.38. The fourth-order valence-corrected chi connectivity index (χ4v) is 2.93. The third kappa shape index (κ3) is 3.49. The van der Waals surface area contributed by atoms with E-state index in [-0.39, 0.29) is 18.4 Å². The molecule has 3 aromatic rings. The first-order valence-corrected chi connectivity index (χ1v) is 8.37. The first-order chi connectivity index (χ1) is 12.7. The summed E-state index contributed by atoms with van der Waals surface area (Å²) in [4.78, 5) is 27.8. The number of hydrogen-bond donors (Lipinski definition) is 2. The second-order valence-electron chi connectivity index (χ2n) is 6.12. The molecule has 2 aromatic carbocycles. The summed E-state index contributed by atoms with van der Waals surface area (Å²) in [6, 6.07) is 15.0. The van der Waals surface area contributed by atoms with Crippen LogP contribution in [0, 0.1) is 0 Å². The summed E-state index contributed by atoms with van der Waals surface area (Å²) in [6.45, 7) is -0.0992. The number of nitrogens with zero attached hydrogens (tertiary/aromatic N) is 1. The maximum absolute atomic E-state index is 12.1. The van der Waals surface area contributed by atoms with Gasteiger partial charge in [-0.25, -0.2) is 0 Å². The predicted molar refractivity (Wildman–Crippen MR) is 99.3 cm³/mol. The van der Waals surface area contributed by atoms with Crippen LogP contribution in [-0.2, 0) is 16.0 Å². The first kappa shape index (κ1) is 16.1. The summed E-state index contributed by atoms with van der Waals surface area (Å²) >= 11 is 0. The van der Waals surface area contributed by atoms with E-state index in [1.807, 2.05) is 36.4 Å². The van der Waals surface area contributed by atoms with Gasteiger partial charge in [0.1, 0.15) is 5.75 Å². The number of hydrogen-bond acceptors (Lipinski definition) is 4. The Morgan fingerprint density at radius 1 is 1.15 bits per heavy atom. The van der Waals surface area contributed by atoms with E-state index in [1.54, 1.807) is 18.3 Å². The van der Waals surface area contributed by atoms with Crippen molar-refractivity contribution in [3.05, 3.63) is 60.3 Å². The summed E-state index contributed by atoms with van der Waals surface area (Å²) < 4.78 is 5.58. The highest BCUT2D eigenvalue weighted by Gasteiger charge is 2.15. The Kier molecular flexibility index (Phi) is 4.23. The third-order valence-corrected chi connectivity index (χ3v) is 4.22. The number of aryl methyl sites for hydroxylation is 1. The molecule has 1 aliphatic rings. The van der Waals surface area contributed by atoms with Crippen molar-refractivity contribution >= 4 is 34.1 Å². The second-order valence-corrected chi connectivity index (χ2v) is 6.12. The van der Waals surface area contributed by atoms with Crippen molar-refractivity contribution < 1.29 is 14.3 Å². The monoisotopic (exact) mass is 347 g/mol. The van der Waals surface area contributed by atoms with Crippen LogP contribution in [-0.4, -0.2) is 23.4 Å². The molecular formula is C20H17N3O3. The highest BCUT2D eigenvalue weighted by molar-refractivity contribution is 5.95. The van der Waals surface area contributed by atoms with Crippen LogP contribution in [0.15, 0.2) is 54.7 Å². The standard InChI is InChI=1S/C20H17N3O3/c24-19-8-5-14-10-16(6-7-18(14)23-19)26-12-20(25)22-15-9-13-3-1-2-4-17(13)21-11-15/h1-4,6-7,9-11H,5,8,12H2,(H,22,25)(H,23,24). The van der Waals surface area contributed by atoms with Gasteiger partial charge in [0.25, 0.3) is 5.91 Å². The van der Waals surface area contributed by atoms with Gasteiger partial charge in [0.2, 0.25) is 5.91 Å². The molecule has 0 aliphatic carbocycles. The largest absolute Gasteiger partial charge is 0.484 e. The van der Waals surface area contributed by atoms with Crippen LogP contribution in [0.4, 0.5) is 11.4 Å². The van der Waals surface area contributed by atoms with Gasteiger partial charge < -0.3 is 15.4 Å². The van der Waals surface area contributed by atoms with Crippen LogP contribution in [0.1, 0.15) is 12.0 Å². The molecule has 130 valence electrons. The molecule has 0 saturated heterocycles. The number of carbonyl (C=O) groups is 2. The molecule has 2 heterocycles. The van der Waals surface area contributed by atoms with Gasteiger partial charge in [0, 0.05) is 17.5 Å². The number of ether oxygens (including phenoxy) is 1. The van der Waals surface area contributed by atoms with E-state index in [1.165, 1.54) is 0 Å². The van der Waals surface area contributed by atoms with Gasteiger partial charge in [-0.2, -0.15) is 0 Å². The number of para-hydroxylation sites is 1. The fraction of sp³-hybridized carbons (Fsp3) is 0.150. The Bertz CT molecular complexity index is 1000. The van der Waals surface area contributed by atoms with Crippen LogP contribution < -0.4 is 15.4 Å². The topological polar surface area (TPSA) is 80.3 Å². The molecule has 0 radical (unpaired) electrons. The van der Waals surface area contributed by atoms with Crippen LogP contribution in [0.2, 0.25) is 0 Å². The predicted octanol–water partition coefficient (Wildman–Crippen LogP) is 3.14. The summed E-state index contributed by atoms with van der Waals surface area (Å²) in [5.41, 5.74) is 3.33. The van der Waals surface area contributed by atoms with Gasteiger partial charge in [0.15, 0.2) is 6.61 Å². The maximum Gasteiger partial charge on any atom is 0.262 e. The van der Waals surface area contributed by atoms with Gasteiger partial charge in [-0.3, -0.25) is 14.6 Å².